The molecular formula is C33H61NO3. The lowest BCUT2D eigenvalue weighted by Gasteiger charge is -2.19. The van der Waals surface area contributed by atoms with Crippen molar-refractivity contribution in [2.24, 2.45) is 0 Å². The molecule has 0 bridgehead atoms. The summed E-state index contributed by atoms with van der Waals surface area (Å²) in [6, 6.07) is -0.636. The minimum atomic E-state index is -0.862. The van der Waals surface area contributed by atoms with Crippen molar-refractivity contribution in [3.8, 4) is 0 Å². The Hall–Kier alpha value is -1.39. The molecule has 3 N–H and O–H groups in total. The number of allylic oxidation sites excluding steroid dienone is 5. The number of rotatable bonds is 27. The van der Waals surface area contributed by atoms with Crippen LogP contribution in [-0.4, -0.2) is 34.9 Å². The number of carbonyl (C=O) groups excluding carboxylic acids is 1. The summed E-state index contributed by atoms with van der Waals surface area (Å²) in [4.78, 5) is 11.9. The summed E-state index contributed by atoms with van der Waals surface area (Å²) in [5, 5.41) is 22.4. The van der Waals surface area contributed by atoms with Crippen molar-refractivity contribution in [1.82, 2.24) is 5.32 Å². The van der Waals surface area contributed by atoms with Gasteiger partial charge in [-0.3, -0.25) is 4.79 Å². The number of carbonyl (C=O) groups is 1. The van der Waals surface area contributed by atoms with E-state index in [2.05, 4.69) is 43.5 Å². The fourth-order valence-electron chi connectivity index (χ4n) is 4.38. The van der Waals surface area contributed by atoms with E-state index < -0.39 is 12.1 Å². The lowest BCUT2D eigenvalue weighted by atomic mass is 10.0. The van der Waals surface area contributed by atoms with Gasteiger partial charge in [0.25, 0.3) is 0 Å². The molecule has 0 aromatic carbocycles. The Morgan fingerprint density at radius 2 is 1.05 bits per heavy atom. The van der Waals surface area contributed by atoms with Gasteiger partial charge >= 0.3 is 0 Å². The van der Waals surface area contributed by atoms with Crippen LogP contribution in [0.2, 0.25) is 0 Å². The van der Waals surface area contributed by atoms with Crippen molar-refractivity contribution in [3.05, 3.63) is 36.5 Å². The van der Waals surface area contributed by atoms with Gasteiger partial charge in [-0.15, -0.1) is 0 Å². The highest BCUT2D eigenvalue weighted by molar-refractivity contribution is 5.76. The monoisotopic (exact) mass is 519 g/mol. The van der Waals surface area contributed by atoms with Gasteiger partial charge in [0.05, 0.1) is 18.8 Å². The molecule has 4 nitrogen and oxygen atoms in total. The number of aliphatic hydroxyl groups excluding tert-OH is 2. The first kappa shape index (κ1) is 35.6. The van der Waals surface area contributed by atoms with Crippen LogP contribution in [-0.2, 0) is 4.79 Å². The molecule has 0 aliphatic carbocycles. The molecule has 0 saturated heterocycles. The van der Waals surface area contributed by atoms with E-state index in [9.17, 15) is 15.0 Å². The topological polar surface area (TPSA) is 69.6 Å². The zero-order valence-corrected chi connectivity index (χ0v) is 24.5. The third-order valence-electron chi connectivity index (χ3n) is 6.85. The van der Waals surface area contributed by atoms with Gasteiger partial charge in [-0.1, -0.05) is 134 Å². The fourth-order valence-corrected chi connectivity index (χ4v) is 4.38. The summed E-state index contributed by atoms with van der Waals surface area (Å²) >= 11 is 0. The molecule has 0 radical (unpaired) electrons. The average molecular weight is 520 g/mol. The second-order valence-corrected chi connectivity index (χ2v) is 10.5. The summed E-state index contributed by atoms with van der Waals surface area (Å²) in [5.41, 5.74) is 0. The molecule has 0 rings (SSSR count). The van der Waals surface area contributed by atoms with Crippen molar-refractivity contribution in [3.63, 3.8) is 0 Å². The minimum absolute atomic E-state index is 0.106. The lowest BCUT2D eigenvalue weighted by Crippen LogP contribution is -2.45. The van der Waals surface area contributed by atoms with Crippen LogP contribution in [0.5, 0.6) is 0 Å². The first-order chi connectivity index (χ1) is 18.2. The predicted octanol–water partition coefficient (Wildman–Crippen LogP) is 8.72. The van der Waals surface area contributed by atoms with Gasteiger partial charge in [0, 0.05) is 6.42 Å². The Kier molecular flexibility index (Phi) is 28.1. The maximum atomic E-state index is 11.9. The molecule has 0 heterocycles. The Labute approximate surface area is 230 Å². The number of unbranched alkanes of at least 4 members (excludes halogenated alkanes) is 16. The van der Waals surface area contributed by atoms with Gasteiger partial charge in [-0.05, 0) is 44.9 Å². The van der Waals surface area contributed by atoms with E-state index in [4.69, 9.17) is 0 Å². The quantitative estimate of drug-likeness (QED) is 0.0750. The molecule has 216 valence electrons. The molecule has 2 atom stereocenters. The van der Waals surface area contributed by atoms with Crippen molar-refractivity contribution in [2.75, 3.05) is 6.61 Å². The minimum Gasteiger partial charge on any atom is -0.394 e. The highest BCUT2D eigenvalue weighted by Crippen LogP contribution is 2.12. The van der Waals surface area contributed by atoms with Crippen molar-refractivity contribution >= 4 is 5.91 Å². The van der Waals surface area contributed by atoms with Gasteiger partial charge in [0.15, 0.2) is 0 Å². The van der Waals surface area contributed by atoms with Gasteiger partial charge in [-0.2, -0.15) is 0 Å². The smallest absolute Gasteiger partial charge is 0.220 e. The standard InChI is InChI=1S/C33H61NO3/c1-3-5-7-8-9-10-11-12-13-14-15-16-17-18-19-20-21-22-23-24-25-27-28-32(36)31(30-35)34-33(37)29-26-6-4-2/h18-19,22-23,27-28,31-32,35-36H,3-17,20-21,24-26,29-30H2,1-2H3,(H,34,37)/b19-18+,23-22+,28-27+. The van der Waals surface area contributed by atoms with Gasteiger partial charge in [-0.25, -0.2) is 0 Å². The Morgan fingerprint density at radius 1 is 0.622 bits per heavy atom. The van der Waals surface area contributed by atoms with Crippen molar-refractivity contribution < 1.29 is 15.0 Å². The zero-order chi connectivity index (χ0) is 27.2. The molecule has 4 heteroatoms. The van der Waals surface area contributed by atoms with E-state index in [1.165, 1.54) is 83.5 Å². The summed E-state index contributed by atoms with van der Waals surface area (Å²) < 4.78 is 0. The summed E-state index contributed by atoms with van der Waals surface area (Å²) in [5.74, 6) is -0.106. The van der Waals surface area contributed by atoms with Crippen LogP contribution < -0.4 is 5.32 Å². The zero-order valence-electron chi connectivity index (χ0n) is 24.5. The van der Waals surface area contributed by atoms with Crippen LogP contribution in [0, 0.1) is 0 Å². The van der Waals surface area contributed by atoms with E-state index in [-0.39, 0.29) is 12.5 Å². The first-order valence-electron chi connectivity index (χ1n) is 15.7. The molecule has 0 aromatic heterocycles. The molecule has 0 aliphatic rings. The average Bonchev–Trinajstić information content (AvgIpc) is 2.90. The van der Waals surface area contributed by atoms with E-state index in [0.29, 0.717) is 6.42 Å². The van der Waals surface area contributed by atoms with Crippen molar-refractivity contribution in [1.29, 1.82) is 0 Å². The first-order valence-corrected chi connectivity index (χ1v) is 15.7. The van der Waals surface area contributed by atoms with E-state index in [0.717, 1.165) is 44.9 Å². The van der Waals surface area contributed by atoms with Gasteiger partial charge in [0.1, 0.15) is 0 Å². The summed E-state index contributed by atoms with van der Waals surface area (Å²) in [6.45, 7) is 4.11. The number of nitrogens with one attached hydrogen (secondary N) is 1. The molecule has 2 unspecified atom stereocenters. The Morgan fingerprint density at radius 3 is 1.57 bits per heavy atom. The Balaban J connectivity index is 3.60. The lowest BCUT2D eigenvalue weighted by molar-refractivity contribution is -0.123. The van der Waals surface area contributed by atoms with Crippen LogP contribution in [0.1, 0.15) is 149 Å². The number of hydrogen-bond acceptors (Lipinski definition) is 3. The normalized spacial score (nSPS) is 13.7. The van der Waals surface area contributed by atoms with E-state index >= 15 is 0 Å². The van der Waals surface area contributed by atoms with Crippen LogP contribution in [0.3, 0.4) is 0 Å². The van der Waals surface area contributed by atoms with E-state index in [1.54, 1.807) is 6.08 Å². The molecule has 0 spiro atoms. The second-order valence-electron chi connectivity index (χ2n) is 10.5. The van der Waals surface area contributed by atoms with Crippen LogP contribution >= 0.6 is 0 Å². The van der Waals surface area contributed by atoms with Gasteiger partial charge < -0.3 is 15.5 Å². The highest BCUT2D eigenvalue weighted by Gasteiger charge is 2.17. The van der Waals surface area contributed by atoms with Crippen LogP contribution in [0.4, 0.5) is 0 Å². The third kappa shape index (κ3) is 26.0. The summed E-state index contributed by atoms with van der Waals surface area (Å²) in [6.07, 6.45) is 37.2. The van der Waals surface area contributed by atoms with Crippen molar-refractivity contribution in [2.45, 2.75) is 161 Å². The molecule has 37 heavy (non-hydrogen) atoms. The predicted molar refractivity (Wildman–Crippen MR) is 161 cm³/mol. The number of amides is 1. The molecule has 0 aliphatic heterocycles. The van der Waals surface area contributed by atoms with Crippen LogP contribution in [0.15, 0.2) is 36.5 Å². The largest absolute Gasteiger partial charge is 0.394 e. The van der Waals surface area contributed by atoms with Gasteiger partial charge in [0.2, 0.25) is 5.91 Å². The highest BCUT2D eigenvalue weighted by atomic mass is 16.3. The van der Waals surface area contributed by atoms with E-state index in [1.807, 2.05) is 6.08 Å². The molecule has 1 amide bonds. The molecule has 0 fully saturated rings. The van der Waals surface area contributed by atoms with Crippen LogP contribution in [0.25, 0.3) is 0 Å². The molecule has 0 saturated carbocycles. The maximum absolute atomic E-state index is 11.9. The molecule has 0 aromatic rings. The number of hydrogen-bond donors (Lipinski definition) is 3. The SMILES string of the molecule is CCCCCCCCCCCCCC/C=C/CC/C=C/CC/C=C/C(O)C(CO)NC(=O)CCCCC. The third-order valence-corrected chi connectivity index (χ3v) is 6.85. The summed E-state index contributed by atoms with van der Waals surface area (Å²) in [7, 11) is 0. The second kappa shape index (κ2) is 29.2. The fraction of sp³-hybridized carbons (Fsp3) is 0.788. The Bertz CT molecular complexity index is 570. The maximum Gasteiger partial charge on any atom is 0.220 e. The molecular weight excluding hydrogens is 458 g/mol. The number of aliphatic hydroxyl groups is 2.